The first-order chi connectivity index (χ1) is 15.0. The Labute approximate surface area is 181 Å². The number of rotatable bonds is 3. The van der Waals surface area contributed by atoms with E-state index in [-0.39, 0.29) is 41.4 Å². The van der Waals surface area contributed by atoms with E-state index in [9.17, 15) is 14.4 Å². The van der Waals surface area contributed by atoms with Crippen LogP contribution in [0.1, 0.15) is 27.9 Å². The average Bonchev–Trinajstić information content (AvgIpc) is 3.54. The maximum absolute atomic E-state index is 13.2. The molecule has 1 saturated heterocycles. The Kier molecular flexibility index (Phi) is 3.83. The summed E-state index contributed by atoms with van der Waals surface area (Å²) in [6.45, 7) is 3.92. The van der Waals surface area contributed by atoms with Crippen molar-refractivity contribution in [3.63, 3.8) is 0 Å². The minimum atomic E-state index is -0.210. The number of nitrogens with one attached hydrogen (secondary N) is 1. The Balaban J connectivity index is 1.24. The highest BCUT2D eigenvalue weighted by Crippen LogP contribution is 2.65. The van der Waals surface area contributed by atoms with Crippen LogP contribution in [-0.4, -0.2) is 17.7 Å². The zero-order valence-electron chi connectivity index (χ0n) is 17.5. The molecule has 156 valence electrons. The smallest absolute Gasteiger partial charge is 0.255 e. The number of amides is 3. The zero-order chi connectivity index (χ0) is 21.4. The van der Waals surface area contributed by atoms with E-state index < -0.39 is 0 Å². The number of benzene rings is 2. The van der Waals surface area contributed by atoms with Crippen LogP contribution in [0, 0.1) is 49.4 Å². The first-order valence-electron chi connectivity index (χ1n) is 11.0. The highest BCUT2D eigenvalue weighted by molar-refractivity contribution is 6.22. The van der Waals surface area contributed by atoms with Gasteiger partial charge < -0.3 is 5.32 Å². The van der Waals surface area contributed by atoms with Gasteiger partial charge in [-0.3, -0.25) is 19.3 Å². The first kappa shape index (κ1) is 18.6. The van der Waals surface area contributed by atoms with Gasteiger partial charge in [0.25, 0.3) is 5.91 Å². The Bertz CT molecular complexity index is 1110. The summed E-state index contributed by atoms with van der Waals surface area (Å²) in [5.74, 6) is 0.816. The number of anilines is 2. The van der Waals surface area contributed by atoms with E-state index in [0.29, 0.717) is 23.1 Å². The maximum Gasteiger partial charge on any atom is 0.255 e. The molecule has 3 amide bonds. The summed E-state index contributed by atoms with van der Waals surface area (Å²) in [6.07, 6.45) is 5.51. The summed E-state index contributed by atoms with van der Waals surface area (Å²) >= 11 is 0. The van der Waals surface area contributed by atoms with Crippen molar-refractivity contribution in [3.8, 4) is 0 Å². The van der Waals surface area contributed by atoms with Crippen LogP contribution in [0.15, 0.2) is 54.6 Å². The standard InChI is InChI=1S/C26H24N2O3/c1-13-4-3-5-14(2)23(13)27-24(29)15-6-8-16(9-7-15)28-25(30)21-17-10-11-18(20-12-19(17)20)22(21)26(28)31/h3-11,17-22H,12H2,1-2H3,(H,27,29)/t17-,18-,19-,20-,21-,22+/m0/s1. The van der Waals surface area contributed by atoms with Crippen molar-refractivity contribution in [2.75, 3.05) is 10.2 Å². The number of carbonyl (C=O) groups excluding carboxylic acids is 3. The van der Waals surface area contributed by atoms with Crippen molar-refractivity contribution in [1.29, 1.82) is 0 Å². The van der Waals surface area contributed by atoms with Crippen LogP contribution < -0.4 is 10.2 Å². The van der Waals surface area contributed by atoms with Crippen molar-refractivity contribution >= 4 is 29.1 Å². The van der Waals surface area contributed by atoms with Crippen molar-refractivity contribution in [2.45, 2.75) is 20.3 Å². The molecule has 0 spiro atoms. The summed E-state index contributed by atoms with van der Waals surface area (Å²) in [7, 11) is 0. The third-order valence-electron chi connectivity index (χ3n) is 7.77. The highest BCUT2D eigenvalue weighted by Gasteiger charge is 2.67. The van der Waals surface area contributed by atoms with E-state index >= 15 is 0 Å². The van der Waals surface area contributed by atoms with Crippen LogP contribution in [0.5, 0.6) is 0 Å². The lowest BCUT2D eigenvalue weighted by Crippen LogP contribution is -2.40. The Morgan fingerprint density at radius 1 is 0.871 bits per heavy atom. The van der Waals surface area contributed by atoms with E-state index in [4.69, 9.17) is 0 Å². The predicted octanol–water partition coefficient (Wildman–Crippen LogP) is 4.11. The summed E-state index contributed by atoms with van der Waals surface area (Å²) in [4.78, 5) is 40.6. The SMILES string of the molecule is Cc1cccc(C)c1NC(=O)c1ccc(N2C(=O)[C@@H]3[C@H]4C=C[C@@H]([C@@H]5C[C@@H]45)[C@@H]3C2=O)cc1. The minimum absolute atomic E-state index is 0.0764. The third-order valence-corrected chi connectivity index (χ3v) is 7.77. The highest BCUT2D eigenvalue weighted by atomic mass is 16.2. The van der Waals surface area contributed by atoms with Crippen LogP contribution in [0.2, 0.25) is 0 Å². The van der Waals surface area contributed by atoms with Gasteiger partial charge in [-0.25, -0.2) is 0 Å². The second-order valence-electron chi connectivity index (χ2n) is 9.43. The van der Waals surface area contributed by atoms with Crippen molar-refractivity contribution in [2.24, 2.45) is 35.5 Å². The molecule has 4 aliphatic carbocycles. The molecule has 7 rings (SSSR count). The summed E-state index contributed by atoms with van der Waals surface area (Å²) in [5.41, 5.74) is 3.86. The molecule has 2 bridgehead atoms. The largest absolute Gasteiger partial charge is 0.322 e. The van der Waals surface area contributed by atoms with Gasteiger partial charge in [-0.15, -0.1) is 0 Å². The molecule has 1 heterocycles. The van der Waals surface area contributed by atoms with Crippen LogP contribution >= 0.6 is 0 Å². The lowest BCUT2D eigenvalue weighted by atomic mass is 9.63. The molecule has 2 aromatic rings. The van der Waals surface area contributed by atoms with E-state index in [1.54, 1.807) is 24.3 Å². The zero-order valence-corrected chi connectivity index (χ0v) is 17.5. The monoisotopic (exact) mass is 412 g/mol. The molecule has 0 unspecified atom stereocenters. The normalized spacial score (nSPS) is 32.1. The lowest BCUT2D eigenvalue weighted by Gasteiger charge is -2.37. The van der Waals surface area contributed by atoms with Crippen molar-refractivity contribution in [1.82, 2.24) is 0 Å². The van der Waals surface area contributed by atoms with Crippen molar-refractivity contribution < 1.29 is 14.4 Å². The molecule has 1 aliphatic heterocycles. The maximum atomic E-state index is 13.2. The van der Waals surface area contributed by atoms with Crippen molar-refractivity contribution in [3.05, 3.63) is 71.3 Å². The molecule has 5 aliphatic rings. The Morgan fingerprint density at radius 2 is 1.42 bits per heavy atom. The molecule has 6 atom stereocenters. The van der Waals surface area contributed by atoms with Crippen LogP contribution in [0.3, 0.4) is 0 Å². The van der Waals surface area contributed by atoms with E-state index in [0.717, 1.165) is 23.2 Å². The molecular formula is C26H24N2O3. The summed E-state index contributed by atoms with van der Waals surface area (Å²) in [5, 5.41) is 2.98. The molecule has 5 heteroatoms. The fourth-order valence-electron chi connectivity index (χ4n) is 6.17. The van der Waals surface area contributed by atoms with Crippen LogP contribution in [0.4, 0.5) is 11.4 Å². The van der Waals surface area contributed by atoms with Gasteiger partial charge in [-0.05, 0) is 79.3 Å². The van der Waals surface area contributed by atoms with Gasteiger partial charge in [0.15, 0.2) is 0 Å². The van der Waals surface area contributed by atoms with Gasteiger partial charge in [-0.1, -0.05) is 30.4 Å². The molecule has 2 aromatic carbocycles. The molecule has 0 aromatic heterocycles. The number of carbonyl (C=O) groups is 3. The summed E-state index contributed by atoms with van der Waals surface area (Å²) in [6, 6.07) is 12.7. The second-order valence-corrected chi connectivity index (χ2v) is 9.43. The number of allylic oxidation sites excluding steroid dienone is 2. The number of nitrogens with zero attached hydrogens (tertiary/aromatic N) is 1. The van der Waals surface area contributed by atoms with E-state index in [1.807, 2.05) is 32.0 Å². The van der Waals surface area contributed by atoms with Gasteiger partial charge >= 0.3 is 0 Å². The Hall–Kier alpha value is -3.21. The van der Waals surface area contributed by atoms with Gasteiger partial charge in [0.1, 0.15) is 0 Å². The Morgan fingerprint density at radius 3 is 1.97 bits per heavy atom. The molecule has 2 saturated carbocycles. The molecule has 5 nitrogen and oxygen atoms in total. The number of para-hydroxylation sites is 1. The topological polar surface area (TPSA) is 66.5 Å². The molecule has 3 fully saturated rings. The minimum Gasteiger partial charge on any atom is -0.322 e. The average molecular weight is 412 g/mol. The fourth-order valence-corrected chi connectivity index (χ4v) is 6.17. The predicted molar refractivity (Wildman–Crippen MR) is 118 cm³/mol. The van der Waals surface area contributed by atoms with E-state index in [1.165, 1.54) is 4.90 Å². The fraction of sp³-hybridized carbons (Fsp3) is 0.346. The van der Waals surface area contributed by atoms with Gasteiger partial charge in [0.2, 0.25) is 11.8 Å². The second kappa shape index (κ2) is 6.39. The molecule has 0 radical (unpaired) electrons. The molecule has 1 N–H and O–H groups in total. The number of aryl methyl sites for hydroxylation is 2. The molecular weight excluding hydrogens is 388 g/mol. The van der Waals surface area contributed by atoms with Gasteiger partial charge in [-0.2, -0.15) is 0 Å². The van der Waals surface area contributed by atoms with Crippen LogP contribution in [0.25, 0.3) is 0 Å². The number of imide groups is 1. The first-order valence-corrected chi connectivity index (χ1v) is 11.0. The number of hydrogen-bond acceptors (Lipinski definition) is 3. The molecule has 31 heavy (non-hydrogen) atoms. The quantitative estimate of drug-likeness (QED) is 0.609. The van der Waals surface area contributed by atoms with Gasteiger partial charge in [0, 0.05) is 11.3 Å². The summed E-state index contributed by atoms with van der Waals surface area (Å²) < 4.78 is 0. The van der Waals surface area contributed by atoms with Gasteiger partial charge in [0.05, 0.1) is 17.5 Å². The third kappa shape index (κ3) is 2.59. The van der Waals surface area contributed by atoms with Crippen LogP contribution in [-0.2, 0) is 9.59 Å². The number of hydrogen-bond donors (Lipinski definition) is 1. The lowest BCUT2D eigenvalue weighted by molar-refractivity contribution is -0.124. The van der Waals surface area contributed by atoms with E-state index in [2.05, 4.69) is 17.5 Å².